The lowest BCUT2D eigenvalue weighted by Gasteiger charge is -2.13. The number of rotatable bonds is 4. The SMILES string of the molecule is COc1ccc(C(=O)O)cc1OC1CCOC1=O. The third-order valence-corrected chi connectivity index (χ3v) is 2.57. The lowest BCUT2D eigenvalue weighted by Crippen LogP contribution is -2.22. The average Bonchev–Trinajstić information content (AvgIpc) is 2.75. The topological polar surface area (TPSA) is 82.1 Å². The van der Waals surface area contributed by atoms with Gasteiger partial charge in [0.1, 0.15) is 0 Å². The maximum Gasteiger partial charge on any atom is 0.347 e. The molecule has 1 N–H and O–H groups in total. The van der Waals surface area contributed by atoms with Crippen molar-refractivity contribution in [3.63, 3.8) is 0 Å². The van der Waals surface area contributed by atoms with E-state index >= 15 is 0 Å². The van der Waals surface area contributed by atoms with Crippen LogP contribution in [0.4, 0.5) is 0 Å². The first kappa shape index (κ1) is 12.2. The largest absolute Gasteiger partial charge is 0.493 e. The Morgan fingerprint density at radius 3 is 2.78 bits per heavy atom. The first-order chi connectivity index (χ1) is 8.61. The zero-order valence-corrected chi connectivity index (χ0v) is 9.71. The standard InChI is InChI=1S/C12H12O6/c1-16-8-3-2-7(11(13)14)6-10(8)18-9-4-5-17-12(9)15/h2-3,6,9H,4-5H2,1H3,(H,13,14). The van der Waals surface area contributed by atoms with Crippen molar-refractivity contribution in [3.05, 3.63) is 23.8 Å². The van der Waals surface area contributed by atoms with Crippen LogP contribution < -0.4 is 9.47 Å². The van der Waals surface area contributed by atoms with Crippen LogP contribution in [0.2, 0.25) is 0 Å². The van der Waals surface area contributed by atoms with E-state index in [4.69, 9.17) is 19.3 Å². The van der Waals surface area contributed by atoms with E-state index in [1.165, 1.54) is 25.3 Å². The molecule has 1 saturated heterocycles. The van der Waals surface area contributed by atoms with Crippen molar-refractivity contribution in [2.75, 3.05) is 13.7 Å². The van der Waals surface area contributed by atoms with Crippen LogP contribution in [0, 0.1) is 0 Å². The van der Waals surface area contributed by atoms with Crippen molar-refractivity contribution in [2.45, 2.75) is 12.5 Å². The number of cyclic esters (lactones) is 1. The second-order valence-corrected chi connectivity index (χ2v) is 3.73. The van der Waals surface area contributed by atoms with E-state index in [0.717, 1.165) is 0 Å². The van der Waals surface area contributed by atoms with Gasteiger partial charge in [0, 0.05) is 6.42 Å². The number of carboxylic acid groups (broad SMARTS) is 1. The summed E-state index contributed by atoms with van der Waals surface area (Å²) in [6, 6.07) is 4.22. The zero-order chi connectivity index (χ0) is 13.1. The van der Waals surface area contributed by atoms with Gasteiger partial charge in [-0.05, 0) is 18.2 Å². The van der Waals surface area contributed by atoms with Gasteiger partial charge in [0.2, 0.25) is 0 Å². The number of carboxylic acids is 1. The molecule has 0 amide bonds. The summed E-state index contributed by atoms with van der Waals surface area (Å²) in [5.74, 6) is -0.921. The fourth-order valence-corrected chi connectivity index (χ4v) is 1.64. The first-order valence-corrected chi connectivity index (χ1v) is 5.36. The molecule has 2 rings (SSSR count). The molecule has 1 aromatic carbocycles. The van der Waals surface area contributed by atoms with Gasteiger partial charge in [0.15, 0.2) is 17.6 Å². The molecule has 0 aliphatic carbocycles. The molecule has 1 fully saturated rings. The predicted octanol–water partition coefficient (Wildman–Crippen LogP) is 1.09. The Morgan fingerprint density at radius 1 is 1.44 bits per heavy atom. The van der Waals surface area contributed by atoms with Crippen LogP contribution in [-0.4, -0.2) is 36.9 Å². The summed E-state index contributed by atoms with van der Waals surface area (Å²) in [6.45, 7) is 0.310. The summed E-state index contributed by atoms with van der Waals surface area (Å²) in [5.41, 5.74) is 0.0668. The fourth-order valence-electron chi connectivity index (χ4n) is 1.64. The molecule has 6 heteroatoms. The lowest BCUT2D eigenvalue weighted by atomic mass is 10.2. The van der Waals surface area contributed by atoms with Gasteiger partial charge in [0.05, 0.1) is 19.3 Å². The first-order valence-electron chi connectivity index (χ1n) is 5.36. The van der Waals surface area contributed by atoms with Crippen molar-refractivity contribution in [1.29, 1.82) is 0 Å². The van der Waals surface area contributed by atoms with Crippen molar-refractivity contribution < 1.29 is 28.9 Å². The number of carbonyl (C=O) groups is 2. The van der Waals surface area contributed by atoms with Crippen molar-refractivity contribution in [3.8, 4) is 11.5 Å². The molecular formula is C12H12O6. The number of hydrogen-bond donors (Lipinski definition) is 1. The molecule has 1 aromatic rings. The number of methoxy groups -OCH3 is 1. The van der Waals surface area contributed by atoms with Crippen LogP contribution >= 0.6 is 0 Å². The highest BCUT2D eigenvalue weighted by atomic mass is 16.6. The number of carbonyl (C=O) groups excluding carboxylic acids is 1. The molecule has 0 aromatic heterocycles. The Morgan fingerprint density at radius 2 is 2.22 bits per heavy atom. The molecule has 18 heavy (non-hydrogen) atoms. The Bertz CT molecular complexity index is 481. The minimum Gasteiger partial charge on any atom is -0.493 e. The smallest absolute Gasteiger partial charge is 0.347 e. The lowest BCUT2D eigenvalue weighted by molar-refractivity contribution is -0.143. The van der Waals surface area contributed by atoms with E-state index in [1.807, 2.05) is 0 Å². The maximum atomic E-state index is 11.3. The van der Waals surface area contributed by atoms with Crippen LogP contribution in [0.25, 0.3) is 0 Å². The molecule has 1 unspecified atom stereocenters. The van der Waals surface area contributed by atoms with Crippen LogP contribution in [0.15, 0.2) is 18.2 Å². The van der Waals surface area contributed by atoms with Crippen LogP contribution in [-0.2, 0) is 9.53 Å². The van der Waals surface area contributed by atoms with Gasteiger partial charge < -0.3 is 19.3 Å². The molecule has 0 spiro atoms. The summed E-state index contributed by atoms with van der Waals surface area (Å²) >= 11 is 0. The molecule has 6 nitrogen and oxygen atoms in total. The minimum absolute atomic E-state index is 0.0668. The van der Waals surface area contributed by atoms with E-state index in [0.29, 0.717) is 18.8 Å². The van der Waals surface area contributed by atoms with Gasteiger partial charge in [-0.3, -0.25) is 0 Å². The highest BCUT2D eigenvalue weighted by molar-refractivity contribution is 5.88. The summed E-state index contributed by atoms with van der Waals surface area (Å²) < 4.78 is 15.3. The van der Waals surface area contributed by atoms with Crippen LogP contribution in [0.3, 0.4) is 0 Å². The Hall–Kier alpha value is -2.24. The minimum atomic E-state index is -1.07. The summed E-state index contributed by atoms with van der Waals surface area (Å²) in [7, 11) is 1.44. The Balaban J connectivity index is 2.26. The second-order valence-electron chi connectivity index (χ2n) is 3.73. The molecule has 1 heterocycles. The second kappa shape index (κ2) is 4.95. The van der Waals surface area contributed by atoms with E-state index < -0.39 is 18.0 Å². The van der Waals surface area contributed by atoms with Gasteiger partial charge in [-0.15, -0.1) is 0 Å². The van der Waals surface area contributed by atoms with Gasteiger partial charge in [0.25, 0.3) is 0 Å². The number of benzene rings is 1. The summed E-state index contributed by atoms with van der Waals surface area (Å²) in [4.78, 5) is 22.2. The van der Waals surface area contributed by atoms with Gasteiger partial charge in [-0.2, -0.15) is 0 Å². The normalized spacial score (nSPS) is 18.3. The van der Waals surface area contributed by atoms with Gasteiger partial charge in [-0.25, -0.2) is 9.59 Å². The molecule has 0 bridgehead atoms. The fraction of sp³-hybridized carbons (Fsp3) is 0.333. The number of esters is 1. The number of hydrogen-bond acceptors (Lipinski definition) is 5. The van der Waals surface area contributed by atoms with Crippen LogP contribution in [0.1, 0.15) is 16.8 Å². The van der Waals surface area contributed by atoms with Crippen molar-refractivity contribution in [1.82, 2.24) is 0 Å². The van der Waals surface area contributed by atoms with Crippen molar-refractivity contribution >= 4 is 11.9 Å². The molecular weight excluding hydrogens is 240 g/mol. The summed E-state index contributed by atoms with van der Waals surface area (Å²) in [5, 5.41) is 8.90. The van der Waals surface area contributed by atoms with Gasteiger partial charge >= 0.3 is 11.9 Å². The predicted molar refractivity (Wildman–Crippen MR) is 59.9 cm³/mol. The van der Waals surface area contributed by atoms with Gasteiger partial charge in [-0.1, -0.05) is 0 Å². The molecule has 0 radical (unpaired) electrons. The number of ether oxygens (including phenoxy) is 3. The van der Waals surface area contributed by atoms with E-state index in [-0.39, 0.29) is 11.3 Å². The third kappa shape index (κ3) is 2.37. The van der Waals surface area contributed by atoms with Crippen LogP contribution in [0.5, 0.6) is 11.5 Å². The number of aromatic carboxylic acids is 1. The molecule has 1 aliphatic heterocycles. The monoisotopic (exact) mass is 252 g/mol. The highest BCUT2D eigenvalue weighted by Crippen LogP contribution is 2.30. The third-order valence-electron chi connectivity index (χ3n) is 2.57. The maximum absolute atomic E-state index is 11.3. The molecule has 1 atom stereocenters. The van der Waals surface area contributed by atoms with E-state index in [1.54, 1.807) is 0 Å². The average molecular weight is 252 g/mol. The molecule has 96 valence electrons. The molecule has 0 saturated carbocycles. The van der Waals surface area contributed by atoms with Crippen molar-refractivity contribution in [2.24, 2.45) is 0 Å². The Labute approximate surface area is 103 Å². The van der Waals surface area contributed by atoms with E-state index in [9.17, 15) is 9.59 Å². The Kier molecular flexibility index (Phi) is 3.36. The highest BCUT2D eigenvalue weighted by Gasteiger charge is 2.29. The quantitative estimate of drug-likeness (QED) is 0.808. The zero-order valence-electron chi connectivity index (χ0n) is 9.71. The van der Waals surface area contributed by atoms with E-state index in [2.05, 4.69) is 0 Å². The summed E-state index contributed by atoms with van der Waals surface area (Å²) in [6.07, 6.45) is -0.262. The molecule has 1 aliphatic rings.